The van der Waals surface area contributed by atoms with Gasteiger partial charge in [-0.3, -0.25) is 4.79 Å². The molecule has 0 aromatic rings. The Morgan fingerprint density at radius 3 is 2.50 bits per heavy atom. The standard InChI is InChI=1S/C9H17NO2/c1-5-6(2)12-7(3)8(10)4-9(5)11/h5-8H,4,10H2,1-3H3/t5-,6-,7?,8?/m0/s1. The first-order valence-corrected chi connectivity index (χ1v) is 4.46. The molecule has 4 atom stereocenters. The minimum atomic E-state index is -0.134. The molecule has 0 aromatic carbocycles. The fourth-order valence-corrected chi connectivity index (χ4v) is 1.40. The van der Waals surface area contributed by atoms with Crippen molar-refractivity contribution in [3.8, 4) is 0 Å². The highest BCUT2D eigenvalue weighted by Crippen LogP contribution is 2.19. The van der Waals surface area contributed by atoms with E-state index in [1.807, 2.05) is 20.8 Å². The topological polar surface area (TPSA) is 52.3 Å². The quantitative estimate of drug-likeness (QED) is 0.584. The van der Waals surface area contributed by atoms with Gasteiger partial charge in [0.15, 0.2) is 0 Å². The number of hydrogen-bond acceptors (Lipinski definition) is 3. The molecule has 2 N–H and O–H groups in total. The van der Waals surface area contributed by atoms with Crippen molar-refractivity contribution in [2.45, 2.75) is 45.4 Å². The number of ketones is 1. The molecule has 1 saturated heterocycles. The molecule has 3 nitrogen and oxygen atoms in total. The van der Waals surface area contributed by atoms with Gasteiger partial charge in [0.25, 0.3) is 0 Å². The number of hydrogen-bond donors (Lipinski definition) is 1. The maximum atomic E-state index is 11.4. The van der Waals surface area contributed by atoms with Crippen molar-refractivity contribution in [3.63, 3.8) is 0 Å². The second-order valence-corrected chi connectivity index (χ2v) is 3.67. The van der Waals surface area contributed by atoms with Gasteiger partial charge in [0.05, 0.1) is 12.2 Å². The number of carbonyl (C=O) groups is 1. The van der Waals surface area contributed by atoms with Gasteiger partial charge < -0.3 is 10.5 Å². The molecule has 70 valence electrons. The predicted molar refractivity (Wildman–Crippen MR) is 46.8 cm³/mol. The maximum Gasteiger partial charge on any atom is 0.139 e. The third-order valence-corrected chi connectivity index (χ3v) is 2.68. The summed E-state index contributed by atoms with van der Waals surface area (Å²) in [5, 5.41) is 0. The average Bonchev–Trinajstić information content (AvgIpc) is 2.07. The lowest BCUT2D eigenvalue weighted by atomic mass is 9.97. The molecule has 2 unspecified atom stereocenters. The molecule has 0 bridgehead atoms. The molecule has 0 spiro atoms. The van der Waals surface area contributed by atoms with Gasteiger partial charge in [0.1, 0.15) is 5.78 Å². The fraction of sp³-hybridized carbons (Fsp3) is 0.889. The second-order valence-electron chi connectivity index (χ2n) is 3.67. The Kier molecular flexibility index (Phi) is 2.85. The molecule has 1 rings (SSSR count). The van der Waals surface area contributed by atoms with Gasteiger partial charge in [-0.05, 0) is 13.8 Å². The zero-order chi connectivity index (χ0) is 9.30. The number of rotatable bonds is 0. The van der Waals surface area contributed by atoms with Crippen LogP contribution in [0, 0.1) is 5.92 Å². The normalized spacial score (nSPS) is 44.2. The Morgan fingerprint density at radius 2 is 1.92 bits per heavy atom. The van der Waals surface area contributed by atoms with E-state index in [4.69, 9.17) is 10.5 Å². The van der Waals surface area contributed by atoms with E-state index in [1.54, 1.807) is 0 Å². The van der Waals surface area contributed by atoms with Crippen LogP contribution in [0.3, 0.4) is 0 Å². The zero-order valence-electron chi connectivity index (χ0n) is 7.91. The van der Waals surface area contributed by atoms with Crippen LogP contribution in [-0.4, -0.2) is 24.0 Å². The summed E-state index contributed by atoms with van der Waals surface area (Å²) >= 11 is 0. The van der Waals surface area contributed by atoms with E-state index < -0.39 is 0 Å². The largest absolute Gasteiger partial charge is 0.373 e. The van der Waals surface area contributed by atoms with E-state index in [-0.39, 0.29) is 30.0 Å². The number of ether oxygens (including phenoxy) is 1. The van der Waals surface area contributed by atoms with Gasteiger partial charge in [-0.2, -0.15) is 0 Å². The summed E-state index contributed by atoms with van der Waals surface area (Å²) < 4.78 is 5.56. The van der Waals surface area contributed by atoms with E-state index in [1.165, 1.54) is 0 Å². The molecular weight excluding hydrogens is 154 g/mol. The summed E-state index contributed by atoms with van der Waals surface area (Å²) in [5.74, 6) is 0.209. The van der Waals surface area contributed by atoms with Gasteiger partial charge in [0.2, 0.25) is 0 Å². The lowest BCUT2D eigenvalue weighted by Crippen LogP contribution is -2.34. The van der Waals surface area contributed by atoms with Crippen molar-refractivity contribution in [2.24, 2.45) is 11.7 Å². The number of Topliss-reactive ketones (excluding diaryl/α,β-unsaturated/α-hetero) is 1. The lowest BCUT2D eigenvalue weighted by molar-refractivity contribution is -0.124. The predicted octanol–water partition coefficient (Wildman–Crippen LogP) is 0.716. The van der Waals surface area contributed by atoms with Crippen LogP contribution in [0.5, 0.6) is 0 Å². The highest BCUT2D eigenvalue weighted by atomic mass is 16.5. The van der Waals surface area contributed by atoms with Crippen LogP contribution in [0.25, 0.3) is 0 Å². The smallest absolute Gasteiger partial charge is 0.139 e. The summed E-state index contributed by atoms with van der Waals surface area (Å²) in [6.45, 7) is 5.75. The SMILES string of the molecule is CC1O[C@@H](C)[C@H](C)C(=O)CC1N. The molecule has 1 aliphatic heterocycles. The third-order valence-electron chi connectivity index (χ3n) is 2.68. The monoisotopic (exact) mass is 171 g/mol. The first-order valence-electron chi connectivity index (χ1n) is 4.46. The Bertz CT molecular complexity index is 181. The molecule has 0 saturated carbocycles. The van der Waals surface area contributed by atoms with Crippen molar-refractivity contribution in [3.05, 3.63) is 0 Å². The van der Waals surface area contributed by atoms with Crippen molar-refractivity contribution in [1.82, 2.24) is 0 Å². The van der Waals surface area contributed by atoms with Crippen LogP contribution in [-0.2, 0) is 9.53 Å². The average molecular weight is 171 g/mol. The highest BCUT2D eigenvalue weighted by molar-refractivity contribution is 5.82. The van der Waals surface area contributed by atoms with E-state index in [0.717, 1.165) is 0 Å². The van der Waals surface area contributed by atoms with E-state index in [0.29, 0.717) is 6.42 Å². The molecule has 1 fully saturated rings. The fourth-order valence-electron chi connectivity index (χ4n) is 1.40. The van der Waals surface area contributed by atoms with E-state index in [9.17, 15) is 4.79 Å². The van der Waals surface area contributed by atoms with Crippen LogP contribution in [0.1, 0.15) is 27.2 Å². The Hall–Kier alpha value is -0.410. The van der Waals surface area contributed by atoms with Crippen molar-refractivity contribution < 1.29 is 9.53 Å². The summed E-state index contributed by atoms with van der Waals surface area (Å²) in [7, 11) is 0. The highest BCUT2D eigenvalue weighted by Gasteiger charge is 2.30. The molecule has 12 heavy (non-hydrogen) atoms. The third kappa shape index (κ3) is 1.84. The Morgan fingerprint density at radius 1 is 1.33 bits per heavy atom. The van der Waals surface area contributed by atoms with Gasteiger partial charge in [-0.25, -0.2) is 0 Å². The number of nitrogens with two attached hydrogens (primary N) is 1. The molecule has 1 aliphatic rings. The van der Waals surface area contributed by atoms with Crippen LogP contribution in [0.15, 0.2) is 0 Å². The number of carbonyl (C=O) groups excluding carboxylic acids is 1. The summed E-state index contributed by atoms with van der Waals surface area (Å²) in [4.78, 5) is 11.4. The molecular formula is C9H17NO2. The molecule has 0 radical (unpaired) electrons. The minimum Gasteiger partial charge on any atom is -0.373 e. The van der Waals surface area contributed by atoms with Crippen LogP contribution in [0.4, 0.5) is 0 Å². The molecule has 0 aliphatic carbocycles. The summed E-state index contributed by atoms with van der Waals surface area (Å²) in [6.07, 6.45) is 0.446. The molecule has 1 heterocycles. The van der Waals surface area contributed by atoms with E-state index in [2.05, 4.69) is 0 Å². The first-order chi connectivity index (χ1) is 5.52. The maximum absolute atomic E-state index is 11.4. The second kappa shape index (κ2) is 3.54. The molecule has 0 amide bonds. The summed E-state index contributed by atoms with van der Waals surface area (Å²) in [6, 6.07) is -0.134. The van der Waals surface area contributed by atoms with Crippen LogP contribution >= 0.6 is 0 Å². The van der Waals surface area contributed by atoms with Crippen LogP contribution in [0.2, 0.25) is 0 Å². The molecule has 0 aromatic heterocycles. The van der Waals surface area contributed by atoms with E-state index >= 15 is 0 Å². The van der Waals surface area contributed by atoms with Crippen molar-refractivity contribution in [2.75, 3.05) is 0 Å². The van der Waals surface area contributed by atoms with Gasteiger partial charge in [-0.15, -0.1) is 0 Å². The first kappa shape index (κ1) is 9.68. The zero-order valence-corrected chi connectivity index (χ0v) is 7.91. The van der Waals surface area contributed by atoms with Crippen molar-refractivity contribution >= 4 is 5.78 Å². The molecule has 3 heteroatoms. The van der Waals surface area contributed by atoms with Gasteiger partial charge in [-0.1, -0.05) is 6.92 Å². The van der Waals surface area contributed by atoms with Crippen LogP contribution < -0.4 is 5.73 Å². The van der Waals surface area contributed by atoms with Gasteiger partial charge >= 0.3 is 0 Å². The summed E-state index contributed by atoms with van der Waals surface area (Å²) in [5.41, 5.74) is 5.75. The Balaban J connectivity index is 2.71. The minimum absolute atomic E-state index is 0.000972. The van der Waals surface area contributed by atoms with Gasteiger partial charge in [0, 0.05) is 18.4 Å². The Labute approximate surface area is 73.3 Å². The lowest BCUT2D eigenvalue weighted by Gasteiger charge is -2.20. The van der Waals surface area contributed by atoms with Crippen molar-refractivity contribution in [1.29, 1.82) is 0 Å².